The Morgan fingerprint density at radius 2 is 2.12 bits per heavy atom. The molecular weight excluding hydrogens is 336 g/mol. The van der Waals surface area contributed by atoms with Crippen LogP contribution in [0.3, 0.4) is 0 Å². The molecule has 26 heavy (non-hydrogen) atoms. The van der Waals surface area contributed by atoms with Crippen molar-refractivity contribution in [2.45, 2.75) is 51.9 Å². The van der Waals surface area contributed by atoms with Gasteiger partial charge in [0.05, 0.1) is 11.5 Å². The van der Waals surface area contributed by atoms with Gasteiger partial charge in [-0.2, -0.15) is 0 Å². The van der Waals surface area contributed by atoms with Crippen molar-refractivity contribution in [3.05, 3.63) is 47.6 Å². The number of rotatable bonds is 2. The van der Waals surface area contributed by atoms with Crippen LogP contribution in [0.2, 0.25) is 0 Å². The van der Waals surface area contributed by atoms with Crippen LogP contribution >= 0.6 is 0 Å². The largest absolute Gasteiger partial charge is 0.458 e. The summed E-state index contributed by atoms with van der Waals surface area (Å²) in [6.07, 6.45) is 4.15. The minimum Gasteiger partial charge on any atom is -0.458 e. The maximum absolute atomic E-state index is 12.3. The summed E-state index contributed by atoms with van der Waals surface area (Å²) in [5.74, 6) is -2.13. The number of ether oxygens (including phenoxy) is 2. The van der Waals surface area contributed by atoms with E-state index in [1.807, 2.05) is 0 Å². The van der Waals surface area contributed by atoms with Crippen LogP contribution < -0.4 is 0 Å². The fourth-order valence-electron chi connectivity index (χ4n) is 2.96. The first-order valence-electron chi connectivity index (χ1n) is 8.44. The number of carbonyl (C=O) groups is 3. The van der Waals surface area contributed by atoms with Crippen molar-refractivity contribution < 1.29 is 29.0 Å². The Morgan fingerprint density at radius 1 is 1.46 bits per heavy atom. The molecule has 2 rings (SSSR count). The molecule has 2 aliphatic rings. The molecule has 0 saturated carbocycles. The first kappa shape index (κ1) is 19.8. The molecule has 0 aromatic carbocycles. The van der Waals surface area contributed by atoms with Gasteiger partial charge in [-0.05, 0) is 51.5 Å². The molecule has 140 valence electrons. The number of ketones is 1. The standard InChI is InChI=1S/C20H24O6/c1-6-11(2)18(22)26-16-10-20(5,24)8-7-14(21)12(3)9-15-17(16)13(4)19(23)25-15/h6-9,15-17,24H,4,10H2,1-3,5H3/b8-7-,11-6+,12-9+/t15-,16-,17+,20-/m1/s1. The Labute approximate surface area is 152 Å². The number of hydrogen-bond donors (Lipinski definition) is 1. The average molecular weight is 360 g/mol. The Morgan fingerprint density at radius 3 is 2.73 bits per heavy atom. The normalized spacial score (nSPS) is 35.9. The lowest BCUT2D eigenvalue weighted by Crippen LogP contribution is -2.39. The number of aliphatic hydroxyl groups is 1. The van der Waals surface area contributed by atoms with E-state index in [0.717, 1.165) is 0 Å². The Hall–Kier alpha value is -2.47. The zero-order valence-electron chi connectivity index (χ0n) is 15.4. The van der Waals surface area contributed by atoms with Gasteiger partial charge in [0, 0.05) is 17.6 Å². The van der Waals surface area contributed by atoms with Crippen LogP contribution in [0.1, 0.15) is 34.1 Å². The molecule has 0 aromatic rings. The lowest BCUT2D eigenvalue weighted by molar-refractivity contribution is -0.150. The fourth-order valence-corrected chi connectivity index (χ4v) is 2.96. The van der Waals surface area contributed by atoms with Crippen LogP contribution in [0.4, 0.5) is 0 Å². The third-order valence-electron chi connectivity index (χ3n) is 4.69. The molecule has 6 heteroatoms. The van der Waals surface area contributed by atoms with Gasteiger partial charge in [-0.15, -0.1) is 0 Å². The second-order valence-electron chi connectivity index (χ2n) is 6.94. The van der Waals surface area contributed by atoms with Gasteiger partial charge in [0.1, 0.15) is 12.2 Å². The topological polar surface area (TPSA) is 89.9 Å². The lowest BCUT2D eigenvalue weighted by Gasteiger charge is -2.31. The molecule has 0 spiro atoms. The molecule has 0 radical (unpaired) electrons. The highest BCUT2D eigenvalue weighted by Crippen LogP contribution is 2.37. The van der Waals surface area contributed by atoms with Gasteiger partial charge in [-0.25, -0.2) is 9.59 Å². The summed E-state index contributed by atoms with van der Waals surface area (Å²) in [4.78, 5) is 36.5. The van der Waals surface area contributed by atoms with Crippen LogP contribution in [0.5, 0.6) is 0 Å². The molecular formula is C20H24O6. The van der Waals surface area contributed by atoms with Gasteiger partial charge >= 0.3 is 11.9 Å². The molecule has 0 unspecified atom stereocenters. The van der Waals surface area contributed by atoms with E-state index in [2.05, 4.69) is 6.58 Å². The molecule has 1 N–H and O–H groups in total. The van der Waals surface area contributed by atoms with Crippen molar-refractivity contribution in [2.24, 2.45) is 5.92 Å². The first-order chi connectivity index (χ1) is 12.1. The quantitative estimate of drug-likeness (QED) is 0.600. The molecule has 6 nitrogen and oxygen atoms in total. The van der Waals surface area contributed by atoms with Crippen LogP contribution in [-0.4, -0.2) is 40.6 Å². The van der Waals surface area contributed by atoms with Crippen molar-refractivity contribution in [3.63, 3.8) is 0 Å². The van der Waals surface area contributed by atoms with Gasteiger partial charge < -0.3 is 14.6 Å². The minimum absolute atomic E-state index is 0.0107. The number of esters is 2. The second kappa shape index (κ2) is 7.41. The lowest BCUT2D eigenvalue weighted by atomic mass is 9.82. The van der Waals surface area contributed by atoms with E-state index >= 15 is 0 Å². The number of fused-ring (bicyclic) bond motifs is 1. The summed E-state index contributed by atoms with van der Waals surface area (Å²) in [6, 6.07) is 0. The number of carbonyl (C=O) groups excluding carboxylic acids is 3. The Balaban J connectivity index is 2.50. The van der Waals surface area contributed by atoms with Crippen molar-refractivity contribution in [2.75, 3.05) is 0 Å². The summed E-state index contributed by atoms with van der Waals surface area (Å²) in [5.41, 5.74) is -0.487. The van der Waals surface area contributed by atoms with Crippen molar-refractivity contribution in [1.29, 1.82) is 0 Å². The predicted octanol–water partition coefficient (Wildman–Crippen LogP) is 2.19. The maximum atomic E-state index is 12.3. The maximum Gasteiger partial charge on any atom is 0.334 e. The summed E-state index contributed by atoms with van der Waals surface area (Å²) in [7, 11) is 0. The highest BCUT2D eigenvalue weighted by Gasteiger charge is 2.46. The zero-order valence-corrected chi connectivity index (χ0v) is 15.4. The third-order valence-corrected chi connectivity index (χ3v) is 4.69. The molecule has 1 saturated heterocycles. The van der Waals surface area contributed by atoms with Crippen LogP contribution in [-0.2, 0) is 23.9 Å². The molecule has 0 aromatic heterocycles. The third kappa shape index (κ3) is 4.19. The van der Waals surface area contributed by atoms with Crippen LogP contribution in [0.25, 0.3) is 0 Å². The first-order valence-corrected chi connectivity index (χ1v) is 8.44. The van der Waals surface area contributed by atoms with Crippen molar-refractivity contribution in [3.8, 4) is 0 Å². The van der Waals surface area contributed by atoms with Crippen LogP contribution in [0.15, 0.2) is 47.6 Å². The molecule has 1 fully saturated rings. The molecule has 1 heterocycles. The zero-order chi connectivity index (χ0) is 19.6. The van der Waals surface area contributed by atoms with Gasteiger partial charge in [-0.1, -0.05) is 12.7 Å². The smallest absolute Gasteiger partial charge is 0.334 e. The Bertz CT molecular complexity index is 737. The van der Waals surface area contributed by atoms with Crippen LogP contribution in [0, 0.1) is 5.92 Å². The molecule has 4 atom stereocenters. The average Bonchev–Trinajstić information content (AvgIpc) is 2.84. The molecule has 0 amide bonds. The second-order valence-corrected chi connectivity index (χ2v) is 6.94. The van der Waals surface area contributed by atoms with Crippen molar-refractivity contribution in [1.82, 2.24) is 0 Å². The van der Waals surface area contributed by atoms with Gasteiger partial charge in [0.15, 0.2) is 5.78 Å². The van der Waals surface area contributed by atoms with Gasteiger partial charge in [0.2, 0.25) is 0 Å². The van der Waals surface area contributed by atoms with Crippen molar-refractivity contribution >= 4 is 17.7 Å². The highest BCUT2D eigenvalue weighted by molar-refractivity contribution is 6.03. The Kier molecular flexibility index (Phi) is 5.66. The minimum atomic E-state index is -1.42. The molecule has 1 aliphatic carbocycles. The summed E-state index contributed by atoms with van der Waals surface area (Å²) < 4.78 is 10.9. The SMILES string of the molecule is C=C1C(=O)O[C@@H]2/C=C(\C)C(=O)/C=C\[C@@](C)(O)C[C@@H](OC(=O)/C(C)=C/C)[C@@H]12. The van der Waals surface area contributed by atoms with E-state index in [1.54, 1.807) is 26.8 Å². The van der Waals surface area contributed by atoms with E-state index < -0.39 is 35.7 Å². The predicted molar refractivity (Wildman–Crippen MR) is 95.0 cm³/mol. The van der Waals surface area contributed by atoms with E-state index in [9.17, 15) is 19.5 Å². The fraction of sp³-hybridized carbons (Fsp3) is 0.450. The highest BCUT2D eigenvalue weighted by atomic mass is 16.6. The monoisotopic (exact) mass is 360 g/mol. The summed E-state index contributed by atoms with van der Waals surface area (Å²) >= 11 is 0. The number of hydrogen-bond acceptors (Lipinski definition) is 6. The van der Waals surface area contributed by atoms with Gasteiger partial charge in [0.25, 0.3) is 0 Å². The van der Waals surface area contributed by atoms with E-state index in [1.165, 1.54) is 25.2 Å². The van der Waals surface area contributed by atoms with E-state index in [-0.39, 0.29) is 17.8 Å². The summed E-state index contributed by atoms with van der Waals surface area (Å²) in [6.45, 7) is 10.2. The van der Waals surface area contributed by atoms with E-state index in [0.29, 0.717) is 11.1 Å². The van der Waals surface area contributed by atoms with Gasteiger partial charge in [-0.3, -0.25) is 4.79 Å². The molecule has 1 aliphatic heterocycles. The summed E-state index contributed by atoms with van der Waals surface area (Å²) in [5, 5.41) is 10.6. The molecule has 0 bridgehead atoms. The number of allylic oxidation sites excluding steroid dienone is 3. The van der Waals surface area contributed by atoms with E-state index in [4.69, 9.17) is 9.47 Å².